The molecule has 0 fully saturated rings. The van der Waals surface area contributed by atoms with E-state index < -0.39 is 0 Å². The maximum absolute atomic E-state index is 13.4. The van der Waals surface area contributed by atoms with Gasteiger partial charge in [0, 0.05) is 23.0 Å². The summed E-state index contributed by atoms with van der Waals surface area (Å²) in [5.41, 5.74) is 2.98. The smallest absolute Gasteiger partial charge is 0.127 e. The van der Waals surface area contributed by atoms with Crippen molar-refractivity contribution < 1.29 is 4.39 Å². The molecule has 0 heterocycles. The molecule has 1 aromatic carbocycles. The predicted molar refractivity (Wildman–Crippen MR) is 59.7 cm³/mol. The van der Waals surface area contributed by atoms with E-state index in [1.807, 2.05) is 0 Å². The Labute approximate surface area is 93.6 Å². The third-order valence-electron chi connectivity index (χ3n) is 2.11. The molecule has 15 heavy (non-hydrogen) atoms. The summed E-state index contributed by atoms with van der Waals surface area (Å²) in [6.45, 7) is 0. The van der Waals surface area contributed by atoms with Crippen LogP contribution in [-0.2, 0) is 6.42 Å². The second kappa shape index (κ2) is 5.72. The quantitative estimate of drug-likeness (QED) is 0.467. The van der Waals surface area contributed by atoms with E-state index in [9.17, 15) is 4.39 Å². The monoisotopic (exact) mass is 226 g/mol. The number of hydrogen-bond donors (Lipinski definition) is 2. The van der Waals surface area contributed by atoms with Crippen molar-refractivity contribution in [2.75, 3.05) is 0 Å². The molecule has 0 aromatic heterocycles. The van der Waals surface area contributed by atoms with Crippen LogP contribution in [0.15, 0.2) is 18.2 Å². The number of halogens is 2. The van der Waals surface area contributed by atoms with Crippen LogP contribution in [0.3, 0.4) is 0 Å². The minimum Gasteiger partial charge on any atom is -0.271 e. The van der Waals surface area contributed by atoms with Gasteiger partial charge in [-0.3, -0.25) is 11.3 Å². The van der Waals surface area contributed by atoms with Gasteiger partial charge in [-0.05, 0) is 18.6 Å². The number of nitrogens with one attached hydrogen (secondary N) is 1. The lowest BCUT2D eigenvalue weighted by Crippen LogP contribution is -2.36. The molecule has 0 bridgehead atoms. The molecule has 0 aliphatic carbocycles. The first-order chi connectivity index (χ1) is 7.19. The number of rotatable bonds is 4. The summed E-state index contributed by atoms with van der Waals surface area (Å²) in [6, 6.07) is 4.41. The molecule has 2 nitrogen and oxygen atoms in total. The summed E-state index contributed by atoms with van der Waals surface area (Å²) >= 11 is 5.87. The molecule has 1 aromatic rings. The summed E-state index contributed by atoms with van der Waals surface area (Å²) in [6.07, 6.45) is 5.98. The van der Waals surface area contributed by atoms with Crippen LogP contribution in [0.4, 0.5) is 4.39 Å². The van der Waals surface area contributed by atoms with Gasteiger partial charge in [-0.1, -0.05) is 17.7 Å². The Morgan fingerprint density at radius 3 is 2.87 bits per heavy atom. The molecule has 0 spiro atoms. The molecule has 0 aliphatic heterocycles. The van der Waals surface area contributed by atoms with Gasteiger partial charge in [-0.2, -0.15) is 0 Å². The van der Waals surface area contributed by atoms with Crippen LogP contribution in [0.25, 0.3) is 0 Å². The summed E-state index contributed by atoms with van der Waals surface area (Å²) in [7, 11) is 0. The SMILES string of the molecule is C#CCC(Cc1c(F)cccc1Cl)NN. The molecule has 0 amide bonds. The maximum Gasteiger partial charge on any atom is 0.127 e. The van der Waals surface area contributed by atoms with Crippen molar-refractivity contribution in [2.24, 2.45) is 5.84 Å². The summed E-state index contributed by atoms with van der Waals surface area (Å²) in [4.78, 5) is 0. The lowest BCUT2D eigenvalue weighted by Gasteiger charge is -2.14. The fourth-order valence-corrected chi connectivity index (χ4v) is 1.55. The summed E-state index contributed by atoms with van der Waals surface area (Å²) in [5, 5.41) is 0.396. The average Bonchev–Trinajstić information content (AvgIpc) is 2.22. The van der Waals surface area contributed by atoms with Gasteiger partial charge >= 0.3 is 0 Å². The highest BCUT2D eigenvalue weighted by atomic mass is 35.5. The fraction of sp³-hybridized carbons (Fsp3) is 0.273. The Morgan fingerprint density at radius 2 is 2.33 bits per heavy atom. The van der Waals surface area contributed by atoms with E-state index >= 15 is 0 Å². The van der Waals surface area contributed by atoms with Crippen LogP contribution < -0.4 is 11.3 Å². The van der Waals surface area contributed by atoms with Gasteiger partial charge in [-0.25, -0.2) is 4.39 Å². The normalized spacial score (nSPS) is 12.1. The van der Waals surface area contributed by atoms with Gasteiger partial charge in [0.15, 0.2) is 0 Å². The number of hydrogen-bond acceptors (Lipinski definition) is 2. The molecule has 0 radical (unpaired) electrons. The van der Waals surface area contributed by atoms with Crippen molar-refractivity contribution in [3.8, 4) is 12.3 Å². The fourth-order valence-electron chi connectivity index (χ4n) is 1.31. The number of terminal acetylenes is 1. The zero-order chi connectivity index (χ0) is 11.3. The Kier molecular flexibility index (Phi) is 4.57. The standard InChI is InChI=1S/C11H12ClFN2/c1-2-4-8(15-14)7-9-10(12)5-3-6-11(9)13/h1,3,5-6,8,15H,4,7,14H2. The lowest BCUT2D eigenvalue weighted by molar-refractivity contribution is 0.518. The van der Waals surface area contributed by atoms with Crippen molar-refractivity contribution in [3.63, 3.8) is 0 Å². The van der Waals surface area contributed by atoms with E-state index in [1.54, 1.807) is 12.1 Å². The van der Waals surface area contributed by atoms with Gasteiger partial charge in [0.05, 0.1) is 0 Å². The topological polar surface area (TPSA) is 38.0 Å². The highest BCUT2D eigenvalue weighted by Gasteiger charge is 2.12. The average molecular weight is 227 g/mol. The van der Waals surface area contributed by atoms with Gasteiger partial charge in [0.25, 0.3) is 0 Å². The number of benzene rings is 1. The summed E-state index contributed by atoms with van der Waals surface area (Å²) in [5.74, 6) is 7.43. The van der Waals surface area contributed by atoms with Crippen molar-refractivity contribution in [3.05, 3.63) is 34.6 Å². The largest absolute Gasteiger partial charge is 0.271 e. The van der Waals surface area contributed by atoms with E-state index in [1.165, 1.54) is 6.07 Å². The number of hydrazine groups is 1. The second-order valence-electron chi connectivity index (χ2n) is 3.18. The van der Waals surface area contributed by atoms with Crippen molar-refractivity contribution in [1.82, 2.24) is 5.43 Å². The third kappa shape index (κ3) is 3.21. The predicted octanol–water partition coefficient (Wildman–Crippen LogP) is 1.88. The van der Waals surface area contributed by atoms with Crippen molar-refractivity contribution >= 4 is 11.6 Å². The Hall–Kier alpha value is -1.08. The van der Waals surface area contributed by atoms with Crippen LogP contribution in [0, 0.1) is 18.2 Å². The molecule has 4 heteroatoms. The molecule has 3 N–H and O–H groups in total. The van der Waals surface area contributed by atoms with E-state index in [0.717, 1.165) is 0 Å². The van der Waals surface area contributed by atoms with E-state index in [-0.39, 0.29) is 11.9 Å². The first-order valence-electron chi connectivity index (χ1n) is 4.51. The number of nitrogens with two attached hydrogens (primary N) is 1. The molecule has 0 aliphatic rings. The summed E-state index contributed by atoms with van der Waals surface area (Å²) < 4.78 is 13.4. The van der Waals surface area contributed by atoms with E-state index in [2.05, 4.69) is 11.3 Å². The highest BCUT2D eigenvalue weighted by Crippen LogP contribution is 2.20. The minimum absolute atomic E-state index is 0.163. The van der Waals surface area contributed by atoms with Gasteiger partial charge in [0.1, 0.15) is 5.82 Å². The van der Waals surface area contributed by atoms with E-state index in [0.29, 0.717) is 23.4 Å². The zero-order valence-corrected chi connectivity index (χ0v) is 8.89. The Balaban J connectivity index is 2.83. The van der Waals surface area contributed by atoms with Crippen LogP contribution in [0.5, 0.6) is 0 Å². The van der Waals surface area contributed by atoms with E-state index in [4.69, 9.17) is 23.9 Å². The first kappa shape index (κ1) is 12.0. The van der Waals surface area contributed by atoms with Crippen molar-refractivity contribution in [1.29, 1.82) is 0 Å². The van der Waals surface area contributed by atoms with Crippen molar-refractivity contribution in [2.45, 2.75) is 18.9 Å². The lowest BCUT2D eigenvalue weighted by atomic mass is 10.0. The molecule has 1 rings (SSSR count). The molecule has 0 saturated heterocycles. The molecule has 0 saturated carbocycles. The van der Waals surface area contributed by atoms with Gasteiger partial charge < -0.3 is 0 Å². The van der Waals surface area contributed by atoms with Gasteiger partial charge in [0.2, 0.25) is 0 Å². The molecule has 1 atom stereocenters. The molecule has 80 valence electrons. The Morgan fingerprint density at radius 1 is 1.60 bits per heavy atom. The first-order valence-corrected chi connectivity index (χ1v) is 4.89. The molecular formula is C11H12ClFN2. The molecule has 1 unspecified atom stereocenters. The van der Waals surface area contributed by atoms with Crippen LogP contribution in [0.2, 0.25) is 5.02 Å². The minimum atomic E-state index is -0.334. The van der Waals surface area contributed by atoms with Crippen LogP contribution >= 0.6 is 11.6 Å². The second-order valence-corrected chi connectivity index (χ2v) is 3.58. The zero-order valence-electron chi connectivity index (χ0n) is 8.13. The highest BCUT2D eigenvalue weighted by molar-refractivity contribution is 6.31. The van der Waals surface area contributed by atoms with Gasteiger partial charge in [-0.15, -0.1) is 12.3 Å². The maximum atomic E-state index is 13.4. The molecular weight excluding hydrogens is 215 g/mol. The third-order valence-corrected chi connectivity index (χ3v) is 2.47. The van der Waals surface area contributed by atoms with Crippen LogP contribution in [0.1, 0.15) is 12.0 Å². The Bertz CT molecular complexity index is 353. The van der Waals surface area contributed by atoms with Crippen LogP contribution in [-0.4, -0.2) is 6.04 Å².